The van der Waals surface area contributed by atoms with Gasteiger partial charge in [-0.3, -0.25) is 4.79 Å². The number of hydrogen-bond acceptors (Lipinski definition) is 4. The second-order valence-corrected chi connectivity index (χ2v) is 5.57. The van der Waals surface area contributed by atoms with E-state index in [0.717, 1.165) is 5.56 Å². The molecule has 0 bridgehead atoms. The molecule has 0 atom stereocenters. The van der Waals surface area contributed by atoms with Gasteiger partial charge in [-0.1, -0.05) is 41.9 Å². The molecule has 3 rings (SSSR count). The van der Waals surface area contributed by atoms with E-state index in [1.54, 1.807) is 23.8 Å². The third kappa shape index (κ3) is 3.16. The van der Waals surface area contributed by atoms with Gasteiger partial charge in [0.25, 0.3) is 5.56 Å². The molecular weight excluding hydrogens is 328 g/mol. The van der Waals surface area contributed by atoms with Crippen molar-refractivity contribution in [1.29, 1.82) is 0 Å². The number of halogens is 1. The van der Waals surface area contributed by atoms with E-state index in [0.29, 0.717) is 17.4 Å². The Kier molecular flexibility index (Phi) is 4.62. The molecule has 0 aliphatic carbocycles. The zero-order valence-corrected chi connectivity index (χ0v) is 13.8. The number of benzene rings is 1. The number of esters is 1. The Balaban J connectivity index is 2.08. The second-order valence-electron chi connectivity index (χ2n) is 5.21. The molecule has 6 heteroatoms. The summed E-state index contributed by atoms with van der Waals surface area (Å²) < 4.78 is 6.52. The second kappa shape index (κ2) is 6.84. The van der Waals surface area contributed by atoms with Crippen molar-refractivity contribution in [1.82, 2.24) is 9.55 Å². The lowest BCUT2D eigenvalue weighted by atomic mass is 10.2. The van der Waals surface area contributed by atoms with Gasteiger partial charge in [0.2, 0.25) is 0 Å². The summed E-state index contributed by atoms with van der Waals surface area (Å²) in [6, 6.07) is 12.8. The SMILES string of the molecule is CCOC(=O)c1cc2c(=O)n(Cc3ccccc3)ccc2nc1Cl. The molecule has 3 aromatic rings. The van der Waals surface area contributed by atoms with Crippen molar-refractivity contribution < 1.29 is 9.53 Å². The van der Waals surface area contributed by atoms with Crippen molar-refractivity contribution in [3.8, 4) is 0 Å². The standard InChI is InChI=1S/C18H15ClN2O3/c1-2-24-18(23)14-10-13-15(20-16(14)19)8-9-21(17(13)22)11-12-6-4-3-5-7-12/h3-10H,2,11H2,1H3. The third-order valence-corrected chi connectivity index (χ3v) is 3.89. The molecule has 0 spiro atoms. The van der Waals surface area contributed by atoms with Crippen LogP contribution in [0.2, 0.25) is 5.15 Å². The van der Waals surface area contributed by atoms with Gasteiger partial charge in [-0.25, -0.2) is 9.78 Å². The fraction of sp³-hybridized carbons (Fsp3) is 0.167. The highest BCUT2D eigenvalue weighted by atomic mass is 35.5. The normalized spacial score (nSPS) is 10.8. The van der Waals surface area contributed by atoms with E-state index >= 15 is 0 Å². The minimum absolute atomic E-state index is 0.0289. The van der Waals surface area contributed by atoms with E-state index < -0.39 is 5.97 Å². The molecule has 0 saturated heterocycles. The van der Waals surface area contributed by atoms with E-state index in [4.69, 9.17) is 16.3 Å². The topological polar surface area (TPSA) is 61.2 Å². The van der Waals surface area contributed by atoms with Crippen LogP contribution in [0.25, 0.3) is 10.9 Å². The molecular formula is C18H15ClN2O3. The Morgan fingerprint density at radius 3 is 2.71 bits per heavy atom. The van der Waals surface area contributed by atoms with Crippen molar-refractivity contribution in [2.45, 2.75) is 13.5 Å². The first-order valence-corrected chi connectivity index (χ1v) is 7.88. The lowest BCUT2D eigenvalue weighted by molar-refractivity contribution is 0.0526. The van der Waals surface area contributed by atoms with Crippen molar-refractivity contribution in [2.75, 3.05) is 6.61 Å². The average Bonchev–Trinajstić information content (AvgIpc) is 2.58. The van der Waals surface area contributed by atoms with E-state index in [1.165, 1.54) is 6.07 Å². The number of carbonyl (C=O) groups excluding carboxylic acids is 1. The Labute approximate surface area is 143 Å². The average molecular weight is 343 g/mol. The monoisotopic (exact) mass is 342 g/mol. The lowest BCUT2D eigenvalue weighted by Gasteiger charge is -2.09. The maximum atomic E-state index is 12.7. The van der Waals surface area contributed by atoms with Gasteiger partial charge in [-0.15, -0.1) is 0 Å². The van der Waals surface area contributed by atoms with Crippen molar-refractivity contribution >= 4 is 28.5 Å². The molecule has 0 aliphatic rings. The first-order chi connectivity index (χ1) is 11.6. The number of hydrogen-bond donors (Lipinski definition) is 0. The highest BCUT2D eigenvalue weighted by Gasteiger charge is 2.16. The number of nitrogens with zero attached hydrogens (tertiary/aromatic N) is 2. The van der Waals surface area contributed by atoms with Crippen LogP contribution < -0.4 is 5.56 Å². The molecule has 122 valence electrons. The van der Waals surface area contributed by atoms with Gasteiger partial charge >= 0.3 is 5.97 Å². The fourth-order valence-corrected chi connectivity index (χ4v) is 2.66. The van der Waals surface area contributed by atoms with Crippen LogP contribution in [-0.4, -0.2) is 22.1 Å². The molecule has 5 nitrogen and oxygen atoms in total. The van der Waals surface area contributed by atoms with Gasteiger partial charge in [0.15, 0.2) is 0 Å². The number of carbonyl (C=O) groups is 1. The van der Waals surface area contributed by atoms with Crippen LogP contribution in [0.3, 0.4) is 0 Å². The van der Waals surface area contributed by atoms with E-state index in [-0.39, 0.29) is 22.9 Å². The minimum atomic E-state index is -0.588. The van der Waals surface area contributed by atoms with Crippen LogP contribution in [-0.2, 0) is 11.3 Å². The number of rotatable bonds is 4. The smallest absolute Gasteiger partial charge is 0.341 e. The number of pyridine rings is 2. The molecule has 0 aliphatic heterocycles. The zero-order valence-electron chi connectivity index (χ0n) is 13.0. The van der Waals surface area contributed by atoms with Crippen LogP contribution >= 0.6 is 11.6 Å². The van der Waals surface area contributed by atoms with Crippen LogP contribution in [0.4, 0.5) is 0 Å². The Morgan fingerprint density at radius 1 is 1.25 bits per heavy atom. The predicted octanol–water partition coefficient (Wildman–Crippen LogP) is 3.27. The van der Waals surface area contributed by atoms with Crippen LogP contribution in [0.1, 0.15) is 22.8 Å². The van der Waals surface area contributed by atoms with Gasteiger partial charge in [0.05, 0.1) is 29.6 Å². The molecule has 0 amide bonds. The van der Waals surface area contributed by atoms with Gasteiger partial charge in [0, 0.05) is 6.20 Å². The fourth-order valence-electron chi connectivity index (χ4n) is 2.44. The molecule has 0 radical (unpaired) electrons. The maximum absolute atomic E-state index is 12.7. The lowest BCUT2D eigenvalue weighted by Crippen LogP contribution is -2.21. The van der Waals surface area contributed by atoms with Crippen molar-refractivity contribution in [3.05, 3.63) is 75.3 Å². The molecule has 1 aromatic carbocycles. The quantitative estimate of drug-likeness (QED) is 0.539. The summed E-state index contributed by atoms with van der Waals surface area (Å²) in [5.41, 5.74) is 1.32. The van der Waals surface area contributed by atoms with E-state index in [9.17, 15) is 9.59 Å². The van der Waals surface area contributed by atoms with Gasteiger partial charge in [0.1, 0.15) is 5.15 Å². The summed E-state index contributed by atoms with van der Waals surface area (Å²) in [5.74, 6) is -0.588. The van der Waals surface area contributed by atoms with Crippen molar-refractivity contribution in [3.63, 3.8) is 0 Å². The first kappa shape index (κ1) is 16.2. The number of fused-ring (bicyclic) bond motifs is 1. The first-order valence-electron chi connectivity index (χ1n) is 7.51. The third-order valence-electron chi connectivity index (χ3n) is 3.60. The number of ether oxygens (including phenoxy) is 1. The molecule has 0 saturated carbocycles. The summed E-state index contributed by atoms with van der Waals surface area (Å²) in [4.78, 5) is 28.8. The Bertz CT molecular complexity index is 952. The maximum Gasteiger partial charge on any atom is 0.341 e. The predicted molar refractivity (Wildman–Crippen MR) is 92.5 cm³/mol. The number of aromatic nitrogens is 2. The minimum Gasteiger partial charge on any atom is -0.462 e. The van der Waals surface area contributed by atoms with Gasteiger partial charge < -0.3 is 9.30 Å². The van der Waals surface area contributed by atoms with Crippen LogP contribution in [0, 0.1) is 0 Å². The molecule has 2 aromatic heterocycles. The molecule has 0 N–H and O–H groups in total. The largest absolute Gasteiger partial charge is 0.462 e. The van der Waals surface area contributed by atoms with E-state index in [1.807, 2.05) is 30.3 Å². The summed E-state index contributed by atoms with van der Waals surface area (Å²) >= 11 is 6.03. The van der Waals surface area contributed by atoms with Gasteiger partial charge in [-0.2, -0.15) is 0 Å². The molecule has 2 heterocycles. The molecule has 0 unspecified atom stereocenters. The van der Waals surface area contributed by atoms with Crippen molar-refractivity contribution in [2.24, 2.45) is 0 Å². The van der Waals surface area contributed by atoms with Gasteiger partial charge in [-0.05, 0) is 24.6 Å². The summed E-state index contributed by atoms with van der Waals surface area (Å²) in [7, 11) is 0. The summed E-state index contributed by atoms with van der Waals surface area (Å²) in [6.45, 7) is 2.36. The highest BCUT2D eigenvalue weighted by Crippen LogP contribution is 2.19. The zero-order chi connectivity index (χ0) is 17.1. The van der Waals surface area contributed by atoms with Crippen LogP contribution in [0.5, 0.6) is 0 Å². The molecule has 24 heavy (non-hydrogen) atoms. The van der Waals surface area contributed by atoms with E-state index in [2.05, 4.69) is 4.98 Å². The van der Waals surface area contributed by atoms with Crippen LogP contribution in [0.15, 0.2) is 53.5 Å². The Hall–Kier alpha value is -2.66. The summed E-state index contributed by atoms with van der Waals surface area (Å²) in [6.07, 6.45) is 1.67. The molecule has 0 fully saturated rings. The highest BCUT2D eigenvalue weighted by molar-refractivity contribution is 6.32. The Morgan fingerprint density at radius 2 is 2.00 bits per heavy atom. The summed E-state index contributed by atoms with van der Waals surface area (Å²) in [5, 5.41) is 0.363.